The van der Waals surface area contributed by atoms with Crippen LogP contribution in [0.1, 0.15) is 12.6 Å². The number of aliphatic hydroxyl groups excluding tert-OH is 1. The summed E-state index contributed by atoms with van der Waals surface area (Å²) in [5.41, 5.74) is 0.895. The van der Waals surface area contributed by atoms with E-state index in [-0.39, 0.29) is 6.61 Å². The van der Waals surface area contributed by atoms with Gasteiger partial charge in [-0.15, -0.1) is 0 Å². The van der Waals surface area contributed by atoms with Crippen LogP contribution in [-0.2, 0) is 5.75 Å². The molecule has 1 unspecified atom stereocenters. The first-order chi connectivity index (χ1) is 8.29. The minimum Gasteiger partial charge on any atom is -0.461 e. The monoisotopic (exact) mass is 253 g/mol. The van der Waals surface area contributed by atoms with Crippen LogP contribution in [0.4, 0.5) is 0 Å². The summed E-state index contributed by atoms with van der Waals surface area (Å²) >= 11 is 1.74. The lowest BCUT2D eigenvalue weighted by Gasteiger charge is -2.04. The van der Waals surface area contributed by atoms with Crippen molar-refractivity contribution in [2.75, 3.05) is 12.4 Å². The zero-order valence-corrected chi connectivity index (χ0v) is 10.4. The van der Waals surface area contributed by atoms with Gasteiger partial charge < -0.3 is 14.0 Å². The standard InChI is InChI=1S/C12H15NO3S/c1-9(6-14)7-17-8-10-5-12(16-13-10)11-3-2-4-15-11/h2-5,9,14H,6-8H2,1H3. The Labute approximate surface area is 104 Å². The van der Waals surface area contributed by atoms with E-state index in [0.717, 1.165) is 17.2 Å². The number of rotatable bonds is 6. The molecule has 0 amide bonds. The highest BCUT2D eigenvalue weighted by Gasteiger charge is 2.09. The second kappa shape index (κ2) is 5.93. The number of hydrogen-bond donors (Lipinski definition) is 1. The van der Waals surface area contributed by atoms with E-state index in [0.29, 0.717) is 17.4 Å². The molecule has 1 N–H and O–H groups in total. The van der Waals surface area contributed by atoms with Gasteiger partial charge in [-0.3, -0.25) is 0 Å². The van der Waals surface area contributed by atoms with E-state index in [1.165, 1.54) is 0 Å². The second-order valence-electron chi connectivity index (χ2n) is 3.96. The fourth-order valence-corrected chi connectivity index (χ4v) is 2.30. The first-order valence-electron chi connectivity index (χ1n) is 5.47. The van der Waals surface area contributed by atoms with Gasteiger partial charge in [0.1, 0.15) is 0 Å². The van der Waals surface area contributed by atoms with Gasteiger partial charge in [0.2, 0.25) is 5.76 Å². The Morgan fingerprint density at radius 3 is 3.06 bits per heavy atom. The van der Waals surface area contributed by atoms with Crippen LogP contribution in [-0.4, -0.2) is 22.6 Å². The lowest BCUT2D eigenvalue weighted by atomic mass is 10.2. The largest absolute Gasteiger partial charge is 0.461 e. The van der Waals surface area contributed by atoms with Crippen molar-refractivity contribution < 1.29 is 14.0 Å². The zero-order chi connectivity index (χ0) is 12.1. The Hall–Kier alpha value is -1.20. The molecule has 0 aliphatic heterocycles. The third-order valence-electron chi connectivity index (χ3n) is 2.29. The Balaban J connectivity index is 1.87. The van der Waals surface area contributed by atoms with Gasteiger partial charge in [0.25, 0.3) is 0 Å². The second-order valence-corrected chi connectivity index (χ2v) is 4.99. The molecule has 0 saturated heterocycles. The van der Waals surface area contributed by atoms with Crippen LogP contribution in [0.2, 0.25) is 0 Å². The predicted octanol–water partition coefficient (Wildman–Crippen LogP) is 2.80. The van der Waals surface area contributed by atoms with Crippen molar-refractivity contribution in [3.05, 3.63) is 30.2 Å². The zero-order valence-electron chi connectivity index (χ0n) is 9.63. The molecule has 5 heteroatoms. The average Bonchev–Trinajstić information content (AvgIpc) is 2.98. The van der Waals surface area contributed by atoms with Crippen LogP contribution in [0.15, 0.2) is 33.4 Å². The Kier molecular flexibility index (Phi) is 4.28. The number of furan rings is 1. The summed E-state index contributed by atoms with van der Waals surface area (Å²) in [7, 11) is 0. The molecular weight excluding hydrogens is 238 g/mol. The lowest BCUT2D eigenvalue weighted by Crippen LogP contribution is -2.03. The Morgan fingerprint density at radius 2 is 2.35 bits per heavy atom. The van der Waals surface area contributed by atoms with Gasteiger partial charge in [-0.1, -0.05) is 12.1 Å². The van der Waals surface area contributed by atoms with Gasteiger partial charge in [-0.2, -0.15) is 11.8 Å². The highest BCUT2D eigenvalue weighted by Crippen LogP contribution is 2.23. The van der Waals surface area contributed by atoms with E-state index in [4.69, 9.17) is 14.0 Å². The average molecular weight is 253 g/mol. The molecule has 0 aliphatic rings. The lowest BCUT2D eigenvalue weighted by molar-refractivity contribution is 0.250. The maximum Gasteiger partial charge on any atom is 0.202 e. The molecule has 0 saturated carbocycles. The molecule has 2 aromatic heterocycles. The number of hydrogen-bond acceptors (Lipinski definition) is 5. The third kappa shape index (κ3) is 3.38. The van der Waals surface area contributed by atoms with E-state index < -0.39 is 0 Å². The summed E-state index contributed by atoms with van der Waals surface area (Å²) in [6, 6.07) is 5.54. The Bertz CT molecular complexity index is 438. The van der Waals surface area contributed by atoms with E-state index >= 15 is 0 Å². The van der Waals surface area contributed by atoms with Gasteiger partial charge in [0.15, 0.2) is 5.76 Å². The number of thioether (sulfide) groups is 1. The van der Waals surface area contributed by atoms with E-state index in [1.54, 1.807) is 18.0 Å². The highest BCUT2D eigenvalue weighted by molar-refractivity contribution is 7.98. The fraction of sp³-hybridized carbons (Fsp3) is 0.417. The minimum absolute atomic E-state index is 0.226. The summed E-state index contributed by atoms with van der Waals surface area (Å²) in [5, 5.41) is 12.9. The van der Waals surface area contributed by atoms with Crippen LogP contribution >= 0.6 is 11.8 Å². The van der Waals surface area contributed by atoms with Gasteiger partial charge in [0.05, 0.1) is 12.0 Å². The molecule has 2 aromatic rings. The number of aliphatic hydroxyl groups is 1. The fourth-order valence-electron chi connectivity index (χ4n) is 1.33. The molecule has 0 radical (unpaired) electrons. The SMILES string of the molecule is CC(CO)CSCc1cc(-c2ccco2)on1. The summed E-state index contributed by atoms with van der Waals surface area (Å²) in [4.78, 5) is 0. The number of nitrogens with zero attached hydrogens (tertiary/aromatic N) is 1. The normalized spacial score (nSPS) is 12.8. The molecule has 0 bridgehead atoms. The van der Waals surface area contributed by atoms with Crippen LogP contribution in [0.3, 0.4) is 0 Å². The molecule has 1 atom stereocenters. The van der Waals surface area contributed by atoms with Gasteiger partial charge >= 0.3 is 0 Å². The molecule has 0 aliphatic carbocycles. The van der Waals surface area contributed by atoms with Crippen LogP contribution < -0.4 is 0 Å². The van der Waals surface area contributed by atoms with Gasteiger partial charge in [0, 0.05) is 18.4 Å². The van der Waals surface area contributed by atoms with Crippen LogP contribution in [0.25, 0.3) is 11.5 Å². The smallest absolute Gasteiger partial charge is 0.202 e. The molecule has 92 valence electrons. The van der Waals surface area contributed by atoms with Gasteiger partial charge in [-0.05, 0) is 23.8 Å². The topological polar surface area (TPSA) is 59.4 Å². The van der Waals surface area contributed by atoms with Crippen molar-refractivity contribution in [2.24, 2.45) is 5.92 Å². The van der Waals surface area contributed by atoms with Gasteiger partial charge in [-0.25, -0.2) is 0 Å². The minimum atomic E-state index is 0.226. The molecule has 2 rings (SSSR count). The summed E-state index contributed by atoms with van der Waals surface area (Å²) in [6.07, 6.45) is 1.61. The third-order valence-corrected chi connectivity index (χ3v) is 3.59. The van der Waals surface area contributed by atoms with Crippen molar-refractivity contribution in [3.63, 3.8) is 0 Å². The van der Waals surface area contributed by atoms with E-state index in [9.17, 15) is 0 Å². The van der Waals surface area contributed by atoms with E-state index in [1.807, 2.05) is 25.1 Å². The Morgan fingerprint density at radius 1 is 1.47 bits per heavy atom. The predicted molar refractivity (Wildman–Crippen MR) is 66.6 cm³/mol. The molecule has 17 heavy (non-hydrogen) atoms. The molecular formula is C12H15NO3S. The quantitative estimate of drug-likeness (QED) is 0.857. The van der Waals surface area contributed by atoms with E-state index in [2.05, 4.69) is 5.16 Å². The molecule has 2 heterocycles. The summed E-state index contributed by atoms with van der Waals surface area (Å²) < 4.78 is 10.4. The van der Waals surface area contributed by atoms with Crippen molar-refractivity contribution in [2.45, 2.75) is 12.7 Å². The first-order valence-corrected chi connectivity index (χ1v) is 6.63. The number of aromatic nitrogens is 1. The van der Waals surface area contributed by atoms with Crippen molar-refractivity contribution in [1.29, 1.82) is 0 Å². The maximum absolute atomic E-state index is 8.90. The van der Waals surface area contributed by atoms with Crippen molar-refractivity contribution in [3.8, 4) is 11.5 Å². The van der Waals surface area contributed by atoms with Crippen LogP contribution in [0.5, 0.6) is 0 Å². The van der Waals surface area contributed by atoms with Crippen LogP contribution in [0, 0.1) is 5.92 Å². The maximum atomic E-state index is 8.90. The molecule has 0 fully saturated rings. The highest BCUT2D eigenvalue weighted by atomic mass is 32.2. The first kappa shape index (κ1) is 12.3. The summed E-state index contributed by atoms with van der Waals surface area (Å²) in [5.74, 6) is 3.36. The van der Waals surface area contributed by atoms with Crippen molar-refractivity contribution >= 4 is 11.8 Å². The molecule has 0 spiro atoms. The summed E-state index contributed by atoms with van der Waals surface area (Å²) in [6.45, 7) is 2.24. The van der Waals surface area contributed by atoms with Crippen molar-refractivity contribution in [1.82, 2.24) is 5.16 Å². The molecule has 0 aromatic carbocycles. The molecule has 4 nitrogen and oxygen atoms in total.